The molecule has 0 spiro atoms. The lowest BCUT2D eigenvalue weighted by atomic mass is 10.00. The number of methoxy groups -OCH3 is 1. The maximum atomic E-state index is 12.0. The zero-order valence-electron chi connectivity index (χ0n) is 11.3. The number of aliphatic hydroxyl groups is 1. The largest absolute Gasteiger partial charge is 0.467 e. The van der Waals surface area contributed by atoms with Crippen LogP contribution in [0.3, 0.4) is 0 Å². The van der Waals surface area contributed by atoms with Crippen LogP contribution in [0.5, 0.6) is 0 Å². The van der Waals surface area contributed by atoms with E-state index in [-0.39, 0.29) is 13.0 Å². The first kappa shape index (κ1) is 14.8. The minimum atomic E-state index is -0.770. The summed E-state index contributed by atoms with van der Waals surface area (Å²) in [4.78, 5) is 24.9. The average Bonchev–Trinajstić information content (AvgIpc) is 2.25. The van der Waals surface area contributed by atoms with Gasteiger partial charge in [-0.2, -0.15) is 0 Å². The first-order valence-corrected chi connectivity index (χ1v) is 6.00. The van der Waals surface area contributed by atoms with Crippen molar-refractivity contribution in [3.05, 3.63) is 0 Å². The fourth-order valence-electron chi connectivity index (χ4n) is 1.85. The molecule has 1 N–H and O–H groups in total. The van der Waals surface area contributed by atoms with E-state index in [9.17, 15) is 14.7 Å². The number of ether oxygens (including phenoxy) is 2. The molecular formula is C12H21NO5. The summed E-state index contributed by atoms with van der Waals surface area (Å²) in [7, 11) is 1.26. The molecule has 0 unspecified atom stereocenters. The molecule has 1 aliphatic rings. The van der Waals surface area contributed by atoms with Crippen molar-refractivity contribution in [2.24, 2.45) is 0 Å². The van der Waals surface area contributed by atoms with Gasteiger partial charge in [-0.3, -0.25) is 4.90 Å². The van der Waals surface area contributed by atoms with Gasteiger partial charge in [-0.15, -0.1) is 0 Å². The summed E-state index contributed by atoms with van der Waals surface area (Å²) >= 11 is 0. The van der Waals surface area contributed by atoms with Gasteiger partial charge in [0.2, 0.25) is 0 Å². The molecule has 0 aliphatic carbocycles. The lowest BCUT2D eigenvalue weighted by Gasteiger charge is -2.36. The molecule has 0 aromatic rings. The van der Waals surface area contributed by atoms with Crippen LogP contribution in [0.4, 0.5) is 4.79 Å². The van der Waals surface area contributed by atoms with E-state index < -0.39 is 29.8 Å². The van der Waals surface area contributed by atoms with E-state index in [2.05, 4.69) is 4.74 Å². The first-order chi connectivity index (χ1) is 8.24. The van der Waals surface area contributed by atoms with Crippen molar-refractivity contribution in [1.82, 2.24) is 4.90 Å². The number of piperidine rings is 1. The van der Waals surface area contributed by atoms with Crippen LogP contribution in [0, 0.1) is 0 Å². The summed E-state index contributed by atoms with van der Waals surface area (Å²) in [5, 5.41) is 9.57. The third-order valence-corrected chi connectivity index (χ3v) is 2.68. The van der Waals surface area contributed by atoms with E-state index >= 15 is 0 Å². The molecule has 1 heterocycles. The summed E-state index contributed by atoms with van der Waals surface area (Å²) in [6.07, 6.45) is -0.517. The molecular weight excluding hydrogens is 238 g/mol. The molecule has 1 aliphatic heterocycles. The Morgan fingerprint density at radius 2 is 1.94 bits per heavy atom. The molecule has 1 amide bonds. The highest BCUT2D eigenvalue weighted by Gasteiger charge is 2.38. The molecule has 0 saturated carbocycles. The number of rotatable bonds is 1. The highest BCUT2D eigenvalue weighted by atomic mass is 16.6. The number of aliphatic hydroxyl groups excluding tert-OH is 1. The van der Waals surface area contributed by atoms with Crippen molar-refractivity contribution < 1.29 is 24.2 Å². The van der Waals surface area contributed by atoms with Crippen LogP contribution >= 0.6 is 0 Å². The maximum Gasteiger partial charge on any atom is 0.411 e. The molecule has 6 heteroatoms. The fourth-order valence-corrected chi connectivity index (χ4v) is 1.85. The van der Waals surface area contributed by atoms with Crippen molar-refractivity contribution >= 4 is 12.1 Å². The molecule has 1 fully saturated rings. The van der Waals surface area contributed by atoms with Gasteiger partial charge >= 0.3 is 12.1 Å². The third-order valence-electron chi connectivity index (χ3n) is 2.68. The normalized spacial score (nSPS) is 24.6. The maximum absolute atomic E-state index is 12.0. The summed E-state index contributed by atoms with van der Waals surface area (Å²) in [6, 6.07) is -0.770. The Kier molecular flexibility index (Phi) is 4.56. The quantitative estimate of drug-likeness (QED) is 0.709. The van der Waals surface area contributed by atoms with E-state index in [1.165, 1.54) is 12.0 Å². The van der Waals surface area contributed by atoms with E-state index in [0.29, 0.717) is 6.42 Å². The molecule has 0 radical (unpaired) electrons. The Balaban J connectivity index is 2.77. The van der Waals surface area contributed by atoms with E-state index in [1.807, 2.05) is 0 Å². The average molecular weight is 259 g/mol. The molecule has 2 atom stereocenters. The van der Waals surface area contributed by atoms with Gasteiger partial charge in [-0.25, -0.2) is 9.59 Å². The molecule has 6 nitrogen and oxygen atoms in total. The van der Waals surface area contributed by atoms with Crippen LogP contribution in [-0.4, -0.2) is 53.5 Å². The summed E-state index contributed by atoms with van der Waals surface area (Å²) in [5.41, 5.74) is -0.617. The molecule has 0 aromatic heterocycles. The minimum absolute atomic E-state index is 0.186. The second-order valence-corrected chi connectivity index (χ2v) is 5.39. The number of hydrogen-bond donors (Lipinski definition) is 1. The molecule has 104 valence electrons. The topological polar surface area (TPSA) is 76.1 Å². The zero-order valence-corrected chi connectivity index (χ0v) is 11.3. The number of esters is 1. The molecule has 1 saturated heterocycles. The van der Waals surface area contributed by atoms with E-state index in [4.69, 9.17) is 4.74 Å². The van der Waals surface area contributed by atoms with Crippen LogP contribution in [-0.2, 0) is 14.3 Å². The van der Waals surface area contributed by atoms with Gasteiger partial charge < -0.3 is 14.6 Å². The van der Waals surface area contributed by atoms with Crippen molar-refractivity contribution in [2.75, 3.05) is 13.7 Å². The van der Waals surface area contributed by atoms with Gasteiger partial charge in [-0.1, -0.05) is 0 Å². The van der Waals surface area contributed by atoms with Crippen molar-refractivity contribution in [3.63, 3.8) is 0 Å². The van der Waals surface area contributed by atoms with Crippen molar-refractivity contribution in [2.45, 2.75) is 51.4 Å². The van der Waals surface area contributed by atoms with E-state index in [0.717, 1.165) is 0 Å². The highest BCUT2D eigenvalue weighted by Crippen LogP contribution is 2.21. The standard InChI is InChI=1S/C12H21NO5/c1-12(2,3)18-11(16)13-6-5-8(14)7-9(13)10(15)17-4/h8-9,14H,5-7H2,1-4H3/t8-,9-/m1/s1. The highest BCUT2D eigenvalue weighted by molar-refractivity contribution is 5.81. The molecule has 1 rings (SSSR count). The fraction of sp³-hybridized carbons (Fsp3) is 0.833. The van der Waals surface area contributed by atoms with Crippen LogP contribution in [0.15, 0.2) is 0 Å². The van der Waals surface area contributed by atoms with Crippen LogP contribution < -0.4 is 0 Å². The lowest BCUT2D eigenvalue weighted by Crippen LogP contribution is -2.53. The predicted molar refractivity (Wildman–Crippen MR) is 64.0 cm³/mol. The Hall–Kier alpha value is -1.30. The number of likely N-dealkylation sites (tertiary alicyclic amines) is 1. The van der Waals surface area contributed by atoms with Crippen LogP contribution in [0.1, 0.15) is 33.6 Å². The van der Waals surface area contributed by atoms with Gasteiger partial charge in [0.25, 0.3) is 0 Å². The Morgan fingerprint density at radius 3 is 2.44 bits per heavy atom. The predicted octanol–water partition coefficient (Wildman–Crippen LogP) is 0.920. The SMILES string of the molecule is COC(=O)[C@H]1C[C@H](O)CCN1C(=O)OC(C)(C)C. The second kappa shape index (κ2) is 5.56. The second-order valence-electron chi connectivity index (χ2n) is 5.39. The van der Waals surface area contributed by atoms with Gasteiger partial charge in [0.05, 0.1) is 13.2 Å². The molecule has 0 bridgehead atoms. The van der Waals surface area contributed by atoms with Gasteiger partial charge in [0.1, 0.15) is 11.6 Å². The van der Waals surface area contributed by atoms with Gasteiger partial charge in [-0.05, 0) is 27.2 Å². The molecule has 0 aromatic carbocycles. The smallest absolute Gasteiger partial charge is 0.411 e. The summed E-state index contributed by atoms with van der Waals surface area (Å²) in [6.45, 7) is 5.57. The minimum Gasteiger partial charge on any atom is -0.467 e. The van der Waals surface area contributed by atoms with Gasteiger partial charge in [0, 0.05) is 13.0 Å². The first-order valence-electron chi connectivity index (χ1n) is 6.00. The monoisotopic (exact) mass is 259 g/mol. The number of hydrogen-bond acceptors (Lipinski definition) is 5. The number of nitrogens with zero attached hydrogens (tertiary/aromatic N) is 1. The zero-order chi connectivity index (χ0) is 13.9. The van der Waals surface area contributed by atoms with Crippen LogP contribution in [0.25, 0.3) is 0 Å². The van der Waals surface area contributed by atoms with Gasteiger partial charge in [0.15, 0.2) is 0 Å². The van der Waals surface area contributed by atoms with Crippen LogP contribution in [0.2, 0.25) is 0 Å². The van der Waals surface area contributed by atoms with Crippen molar-refractivity contribution in [1.29, 1.82) is 0 Å². The number of amides is 1. The third kappa shape index (κ3) is 3.87. The molecule has 18 heavy (non-hydrogen) atoms. The number of carbonyl (C=O) groups excluding carboxylic acids is 2. The Morgan fingerprint density at radius 1 is 1.33 bits per heavy atom. The Labute approximate surface area is 107 Å². The summed E-state index contributed by atoms with van der Waals surface area (Å²) in [5.74, 6) is -0.528. The lowest BCUT2D eigenvalue weighted by molar-refractivity contribution is -0.149. The number of carbonyl (C=O) groups is 2. The summed E-state index contributed by atoms with van der Waals surface area (Å²) < 4.78 is 9.88. The Bertz CT molecular complexity index is 323. The van der Waals surface area contributed by atoms with E-state index in [1.54, 1.807) is 20.8 Å². The van der Waals surface area contributed by atoms with Crippen molar-refractivity contribution in [3.8, 4) is 0 Å².